The maximum atomic E-state index is 11.4. The lowest BCUT2D eigenvalue weighted by Gasteiger charge is -2.15. The number of carbonyl (C=O) groups is 3. The van der Waals surface area contributed by atoms with Gasteiger partial charge < -0.3 is 15.2 Å². The molecule has 0 saturated carbocycles. The second-order valence-corrected chi connectivity index (χ2v) is 3.63. The fourth-order valence-electron chi connectivity index (χ4n) is 0.847. The molecule has 0 heterocycles. The zero-order valence-corrected chi connectivity index (χ0v) is 9.99. The molecule has 16 heavy (non-hydrogen) atoms. The van der Waals surface area contributed by atoms with Crippen LogP contribution in [0.4, 0.5) is 0 Å². The van der Waals surface area contributed by atoms with Gasteiger partial charge in [-0.1, -0.05) is 6.92 Å². The topological polar surface area (TPSA) is 92.7 Å². The van der Waals surface area contributed by atoms with Gasteiger partial charge in [-0.05, 0) is 0 Å². The average Bonchev–Trinajstić information content (AvgIpc) is 2.26. The molecule has 6 nitrogen and oxygen atoms in total. The molecule has 7 heteroatoms. The normalized spacial score (nSPS) is 13.7. The van der Waals surface area contributed by atoms with E-state index in [1.54, 1.807) is 6.92 Å². The van der Waals surface area contributed by atoms with Crippen LogP contribution < -0.4 is 5.32 Å². The molecule has 0 aromatic carbocycles. The second kappa shape index (κ2) is 7.10. The molecule has 0 spiro atoms. The summed E-state index contributed by atoms with van der Waals surface area (Å²) in [4.78, 5) is 33.0. The highest BCUT2D eigenvalue weighted by atomic mass is 32.1. The first-order valence-electron chi connectivity index (χ1n) is 4.63. The van der Waals surface area contributed by atoms with Gasteiger partial charge in [0.25, 0.3) is 0 Å². The van der Waals surface area contributed by atoms with Crippen molar-refractivity contribution in [3.8, 4) is 0 Å². The largest absolute Gasteiger partial charge is 0.480 e. The summed E-state index contributed by atoms with van der Waals surface area (Å²) in [7, 11) is 1.15. The van der Waals surface area contributed by atoms with Gasteiger partial charge in [-0.3, -0.25) is 9.59 Å². The summed E-state index contributed by atoms with van der Waals surface area (Å²) in [6.07, 6.45) is -0.392. The Kier molecular flexibility index (Phi) is 6.55. The number of methoxy groups -OCH3 is 1. The van der Waals surface area contributed by atoms with Crippen molar-refractivity contribution in [1.82, 2.24) is 5.32 Å². The van der Waals surface area contributed by atoms with E-state index < -0.39 is 36.2 Å². The number of carbonyl (C=O) groups excluding carboxylic acids is 2. The third-order valence-corrected chi connectivity index (χ3v) is 2.48. The summed E-state index contributed by atoms with van der Waals surface area (Å²) in [5, 5.41) is 11.0. The van der Waals surface area contributed by atoms with Gasteiger partial charge in [0.05, 0.1) is 13.5 Å². The fraction of sp³-hybridized carbons (Fsp3) is 0.667. The van der Waals surface area contributed by atoms with E-state index in [-0.39, 0.29) is 0 Å². The molecule has 0 fully saturated rings. The zero-order valence-electron chi connectivity index (χ0n) is 9.10. The summed E-state index contributed by atoms with van der Waals surface area (Å²) in [6.45, 7) is 1.61. The molecule has 2 atom stereocenters. The predicted molar refractivity (Wildman–Crippen MR) is 59.2 cm³/mol. The smallest absolute Gasteiger partial charge is 0.326 e. The van der Waals surface area contributed by atoms with E-state index in [4.69, 9.17) is 5.11 Å². The Morgan fingerprint density at radius 1 is 1.44 bits per heavy atom. The van der Waals surface area contributed by atoms with E-state index in [9.17, 15) is 14.4 Å². The van der Waals surface area contributed by atoms with Gasteiger partial charge in [0.2, 0.25) is 5.91 Å². The number of nitrogens with one attached hydrogen (secondary N) is 1. The van der Waals surface area contributed by atoms with Crippen molar-refractivity contribution in [3.05, 3.63) is 0 Å². The van der Waals surface area contributed by atoms with Crippen LogP contribution in [0.25, 0.3) is 0 Å². The predicted octanol–water partition coefficient (Wildman–Crippen LogP) is -0.315. The number of ether oxygens (including phenoxy) is 1. The molecule has 1 amide bonds. The first kappa shape index (κ1) is 14.8. The minimum atomic E-state index is -1.27. The Labute approximate surface area is 98.8 Å². The minimum Gasteiger partial charge on any atom is -0.480 e. The van der Waals surface area contributed by atoms with Crippen LogP contribution >= 0.6 is 12.6 Å². The number of esters is 1. The third kappa shape index (κ3) is 5.01. The molecule has 92 valence electrons. The molecule has 0 rings (SSSR count). The Morgan fingerprint density at radius 2 is 2.00 bits per heavy atom. The van der Waals surface area contributed by atoms with Crippen LogP contribution in [0.2, 0.25) is 0 Å². The molecule has 0 radical (unpaired) electrons. The zero-order chi connectivity index (χ0) is 12.7. The number of rotatable bonds is 6. The first-order chi connectivity index (χ1) is 7.42. The van der Waals surface area contributed by atoms with Crippen molar-refractivity contribution in [2.75, 3.05) is 12.9 Å². The second-order valence-electron chi connectivity index (χ2n) is 3.26. The highest BCUT2D eigenvalue weighted by Crippen LogP contribution is 2.01. The lowest BCUT2D eigenvalue weighted by Crippen LogP contribution is -2.44. The van der Waals surface area contributed by atoms with E-state index >= 15 is 0 Å². The molecule has 0 aliphatic carbocycles. The summed E-state index contributed by atoms with van der Waals surface area (Å²) in [5.74, 6) is -2.53. The molecule has 0 aliphatic rings. The Morgan fingerprint density at radius 3 is 2.38 bits per heavy atom. The maximum absolute atomic E-state index is 11.4. The standard InChI is InChI=1S/C9H15NO5S/c1-5(4-16)8(12)10-6(9(13)14)3-7(11)15-2/h5-6,16H,3-4H2,1-2H3,(H,10,12)(H,13,14)/t5-,6+/m1/s1. The molecule has 2 N–H and O–H groups in total. The van der Waals surface area contributed by atoms with E-state index in [0.29, 0.717) is 5.75 Å². The number of aliphatic carboxylic acids is 1. The van der Waals surface area contributed by atoms with Crippen LogP contribution in [0, 0.1) is 5.92 Å². The van der Waals surface area contributed by atoms with E-state index in [2.05, 4.69) is 22.7 Å². The van der Waals surface area contributed by atoms with Crippen LogP contribution in [0.15, 0.2) is 0 Å². The maximum Gasteiger partial charge on any atom is 0.326 e. The van der Waals surface area contributed by atoms with Gasteiger partial charge in [0.1, 0.15) is 6.04 Å². The average molecular weight is 249 g/mol. The molecular weight excluding hydrogens is 234 g/mol. The molecule has 0 aromatic heterocycles. The lowest BCUT2D eigenvalue weighted by atomic mass is 10.1. The van der Waals surface area contributed by atoms with Gasteiger partial charge >= 0.3 is 11.9 Å². The Bertz CT molecular complexity index is 281. The van der Waals surface area contributed by atoms with E-state index in [1.807, 2.05) is 0 Å². The van der Waals surface area contributed by atoms with E-state index in [0.717, 1.165) is 7.11 Å². The quantitative estimate of drug-likeness (QED) is 0.443. The molecule has 0 bridgehead atoms. The highest BCUT2D eigenvalue weighted by molar-refractivity contribution is 7.80. The number of amides is 1. The summed E-state index contributed by atoms with van der Waals surface area (Å²) >= 11 is 3.92. The van der Waals surface area contributed by atoms with Crippen LogP contribution in [-0.2, 0) is 19.1 Å². The van der Waals surface area contributed by atoms with Crippen LogP contribution in [0.3, 0.4) is 0 Å². The van der Waals surface area contributed by atoms with Crippen LogP contribution in [-0.4, -0.2) is 41.9 Å². The fourth-order valence-corrected chi connectivity index (χ4v) is 1.01. The molecule has 0 unspecified atom stereocenters. The summed E-state index contributed by atoms with van der Waals surface area (Å²) < 4.78 is 4.33. The lowest BCUT2D eigenvalue weighted by molar-refractivity contribution is -0.149. The highest BCUT2D eigenvalue weighted by Gasteiger charge is 2.25. The summed E-state index contributed by atoms with van der Waals surface area (Å²) in [6, 6.07) is -1.26. The molecule has 0 aromatic rings. The third-order valence-electron chi connectivity index (χ3n) is 1.93. The van der Waals surface area contributed by atoms with Crippen molar-refractivity contribution >= 4 is 30.5 Å². The summed E-state index contributed by atoms with van der Waals surface area (Å²) in [5.41, 5.74) is 0. The number of hydrogen-bond donors (Lipinski definition) is 3. The number of carboxylic acid groups (broad SMARTS) is 1. The number of thiol groups is 1. The Hall–Kier alpha value is -1.24. The van der Waals surface area contributed by atoms with Crippen molar-refractivity contribution in [1.29, 1.82) is 0 Å². The Balaban J connectivity index is 4.40. The van der Waals surface area contributed by atoms with Gasteiger partial charge in [0.15, 0.2) is 0 Å². The monoisotopic (exact) mass is 249 g/mol. The van der Waals surface area contributed by atoms with Crippen LogP contribution in [0.5, 0.6) is 0 Å². The number of hydrogen-bond acceptors (Lipinski definition) is 5. The minimum absolute atomic E-state index is 0.302. The number of carboxylic acids is 1. The molecule has 0 saturated heterocycles. The first-order valence-corrected chi connectivity index (χ1v) is 5.26. The van der Waals surface area contributed by atoms with Gasteiger partial charge in [-0.25, -0.2) is 4.79 Å². The molecular formula is C9H15NO5S. The van der Waals surface area contributed by atoms with Gasteiger partial charge in [-0.2, -0.15) is 12.6 Å². The SMILES string of the molecule is COC(=O)C[C@H](NC(=O)[C@H](C)CS)C(=O)O. The van der Waals surface area contributed by atoms with E-state index in [1.165, 1.54) is 0 Å². The van der Waals surface area contributed by atoms with Gasteiger partial charge in [-0.15, -0.1) is 0 Å². The molecule has 0 aliphatic heterocycles. The van der Waals surface area contributed by atoms with Crippen molar-refractivity contribution in [3.63, 3.8) is 0 Å². The van der Waals surface area contributed by atoms with Crippen molar-refractivity contribution < 1.29 is 24.2 Å². The van der Waals surface area contributed by atoms with Gasteiger partial charge in [0, 0.05) is 11.7 Å². The van der Waals surface area contributed by atoms with Crippen LogP contribution in [0.1, 0.15) is 13.3 Å². The van der Waals surface area contributed by atoms with Crippen molar-refractivity contribution in [2.24, 2.45) is 5.92 Å². The van der Waals surface area contributed by atoms with Crippen molar-refractivity contribution in [2.45, 2.75) is 19.4 Å².